The van der Waals surface area contributed by atoms with E-state index in [1.54, 1.807) is 0 Å². The third-order valence-corrected chi connectivity index (χ3v) is 2.98. The number of methoxy groups -OCH3 is 1. The summed E-state index contributed by atoms with van der Waals surface area (Å²) in [6.45, 7) is 0. The van der Waals surface area contributed by atoms with Gasteiger partial charge in [-0.3, -0.25) is 4.79 Å². The molecule has 0 amide bonds. The molecule has 0 aromatic heterocycles. The molecule has 1 rings (SSSR count). The lowest BCUT2D eigenvalue weighted by Crippen LogP contribution is -2.19. The van der Waals surface area contributed by atoms with E-state index < -0.39 is 22.4 Å². The Morgan fingerprint density at radius 3 is 2.69 bits per heavy atom. The molecule has 0 bridgehead atoms. The fraction of sp³-hybridized carbons (Fsp3) is 0.300. The van der Waals surface area contributed by atoms with Crippen molar-refractivity contribution in [1.29, 1.82) is 0 Å². The molecule has 0 aliphatic carbocycles. The average molecular weight is 314 g/mol. The van der Waals surface area contributed by atoms with Gasteiger partial charge in [-0.1, -0.05) is 27.5 Å². The molecule has 16 heavy (non-hydrogen) atoms. The Labute approximate surface area is 105 Å². The Bertz CT molecular complexity index is 389. The van der Waals surface area contributed by atoms with Gasteiger partial charge in [0.05, 0.1) is 7.11 Å². The van der Waals surface area contributed by atoms with Gasteiger partial charge in [0.15, 0.2) is 0 Å². The SMILES string of the molecule is COC(=O)C(Br)Cc1c(F)cc(F)cc1Cl. The van der Waals surface area contributed by atoms with Gasteiger partial charge < -0.3 is 4.74 Å². The normalized spacial score (nSPS) is 12.3. The second kappa shape index (κ2) is 5.59. The molecule has 0 aliphatic rings. The van der Waals surface area contributed by atoms with Crippen molar-refractivity contribution in [3.63, 3.8) is 0 Å². The van der Waals surface area contributed by atoms with Crippen LogP contribution in [0.2, 0.25) is 5.02 Å². The lowest BCUT2D eigenvalue weighted by molar-refractivity contribution is -0.139. The summed E-state index contributed by atoms with van der Waals surface area (Å²) in [5, 5.41) is -0.0501. The highest BCUT2D eigenvalue weighted by Gasteiger charge is 2.20. The van der Waals surface area contributed by atoms with Crippen LogP contribution in [0.5, 0.6) is 0 Å². The quantitative estimate of drug-likeness (QED) is 0.633. The fourth-order valence-electron chi connectivity index (χ4n) is 1.16. The average Bonchev–Trinajstić information content (AvgIpc) is 2.21. The van der Waals surface area contributed by atoms with Crippen LogP contribution >= 0.6 is 27.5 Å². The Morgan fingerprint density at radius 2 is 2.19 bits per heavy atom. The van der Waals surface area contributed by atoms with E-state index in [0.717, 1.165) is 12.1 Å². The van der Waals surface area contributed by atoms with Crippen LogP contribution in [-0.2, 0) is 16.0 Å². The van der Waals surface area contributed by atoms with Crippen LogP contribution < -0.4 is 0 Å². The number of halogens is 4. The number of esters is 1. The maximum atomic E-state index is 13.3. The molecule has 1 unspecified atom stereocenters. The molecule has 0 radical (unpaired) electrons. The molecule has 1 atom stereocenters. The van der Waals surface area contributed by atoms with Crippen LogP contribution in [0.25, 0.3) is 0 Å². The number of benzene rings is 1. The van der Waals surface area contributed by atoms with E-state index in [4.69, 9.17) is 11.6 Å². The Kier molecular flexibility index (Phi) is 4.68. The van der Waals surface area contributed by atoms with E-state index in [9.17, 15) is 13.6 Å². The summed E-state index contributed by atoms with van der Waals surface area (Å²) in [6, 6.07) is 1.72. The molecular weight excluding hydrogens is 305 g/mol. The first-order valence-electron chi connectivity index (χ1n) is 4.31. The molecule has 0 spiro atoms. The summed E-state index contributed by atoms with van der Waals surface area (Å²) in [5.41, 5.74) is 0.0790. The number of alkyl halides is 1. The van der Waals surface area contributed by atoms with Crippen molar-refractivity contribution in [2.45, 2.75) is 11.2 Å². The first kappa shape index (κ1) is 13.4. The van der Waals surface area contributed by atoms with Gasteiger partial charge in [-0.15, -0.1) is 0 Å². The predicted octanol–water partition coefficient (Wildman–Crippen LogP) is 3.10. The molecule has 0 aliphatic heterocycles. The topological polar surface area (TPSA) is 26.3 Å². The minimum atomic E-state index is -0.779. The standard InChI is InChI=1S/C10H8BrClF2O2/c1-16-10(15)7(11)4-6-8(12)2-5(13)3-9(6)14/h2-3,7H,4H2,1H3. The molecular formula is C10H8BrClF2O2. The molecule has 0 saturated carbocycles. The highest BCUT2D eigenvalue weighted by molar-refractivity contribution is 9.10. The van der Waals surface area contributed by atoms with Crippen molar-refractivity contribution in [1.82, 2.24) is 0 Å². The van der Waals surface area contributed by atoms with E-state index in [1.807, 2.05) is 0 Å². The number of rotatable bonds is 3. The molecule has 0 fully saturated rings. The van der Waals surface area contributed by atoms with E-state index in [0.29, 0.717) is 0 Å². The van der Waals surface area contributed by atoms with E-state index in [1.165, 1.54) is 7.11 Å². The van der Waals surface area contributed by atoms with Crippen molar-refractivity contribution in [3.8, 4) is 0 Å². The van der Waals surface area contributed by atoms with Crippen molar-refractivity contribution in [2.75, 3.05) is 7.11 Å². The fourth-order valence-corrected chi connectivity index (χ4v) is 1.94. The zero-order valence-electron chi connectivity index (χ0n) is 8.27. The summed E-state index contributed by atoms with van der Waals surface area (Å²) < 4.78 is 30.5. The van der Waals surface area contributed by atoms with Crippen molar-refractivity contribution in [3.05, 3.63) is 34.4 Å². The zero-order chi connectivity index (χ0) is 12.3. The lowest BCUT2D eigenvalue weighted by atomic mass is 10.1. The summed E-state index contributed by atoms with van der Waals surface area (Å²) in [5.74, 6) is -2.08. The smallest absolute Gasteiger partial charge is 0.319 e. The highest BCUT2D eigenvalue weighted by atomic mass is 79.9. The van der Waals surface area contributed by atoms with E-state index in [2.05, 4.69) is 20.7 Å². The Morgan fingerprint density at radius 1 is 1.56 bits per heavy atom. The van der Waals surface area contributed by atoms with Gasteiger partial charge in [0.25, 0.3) is 0 Å². The minimum absolute atomic E-state index is 0.00236. The van der Waals surface area contributed by atoms with Crippen LogP contribution in [0.4, 0.5) is 8.78 Å². The molecule has 0 saturated heterocycles. The second-order valence-electron chi connectivity index (χ2n) is 3.04. The molecule has 0 N–H and O–H groups in total. The van der Waals surface area contributed by atoms with Crippen molar-refractivity contribution >= 4 is 33.5 Å². The van der Waals surface area contributed by atoms with Gasteiger partial charge in [0.1, 0.15) is 16.5 Å². The Hall–Kier alpha value is -0.680. The van der Waals surface area contributed by atoms with Crippen molar-refractivity contribution in [2.24, 2.45) is 0 Å². The van der Waals surface area contributed by atoms with Crippen LogP contribution in [0.15, 0.2) is 12.1 Å². The van der Waals surface area contributed by atoms with Gasteiger partial charge in [0, 0.05) is 16.7 Å². The van der Waals surface area contributed by atoms with Gasteiger partial charge in [0.2, 0.25) is 0 Å². The van der Waals surface area contributed by atoms with Crippen LogP contribution in [0.1, 0.15) is 5.56 Å². The zero-order valence-corrected chi connectivity index (χ0v) is 10.6. The summed E-state index contributed by atoms with van der Waals surface area (Å²) in [7, 11) is 1.22. The van der Waals surface area contributed by atoms with Gasteiger partial charge >= 0.3 is 5.97 Å². The Balaban J connectivity index is 2.93. The largest absolute Gasteiger partial charge is 0.468 e. The lowest BCUT2D eigenvalue weighted by Gasteiger charge is -2.10. The number of hydrogen-bond acceptors (Lipinski definition) is 2. The van der Waals surface area contributed by atoms with Crippen molar-refractivity contribution < 1.29 is 18.3 Å². The predicted molar refractivity (Wildman–Crippen MR) is 59.8 cm³/mol. The maximum Gasteiger partial charge on any atom is 0.319 e. The molecule has 6 heteroatoms. The van der Waals surface area contributed by atoms with Gasteiger partial charge in [-0.05, 0) is 12.5 Å². The molecule has 88 valence electrons. The van der Waals surface area contributed by atoms with Gasteiger partial charge in [-0.2, -0.15) is 0 Å². The van der Waals surface area contributed by atoms with E-state index in [-0.39, 0.29) is 17.0 Å². The first-order chi connectivity index (χ1) is 7.45. The van der Waals surface area contributed by atoms with Crippen LogP contribution in [-0.4, -0.2) is 17.9 Å². The molecule has 1 aromatic carbocycles. The third-order valence-electron chi connectivity index (χ3n) is 1.95. The summed E-state index contributed by atoms with van der Waals surface area (Å²) in [4.78, 5) is 10.4. The molecule has 2 nitrogen and oxygen atoms in total. The van der Waals surface area contributed by atoms with Crippen LogP contribution in [0.3, 0.4) is 0 Å². The maximum absolute atomic E-state index is 13.3. The molecule has 1 aromatic rings. The monoisotopic (exact) mass is 312 g/mol. The van der Waals surface area contributed by atoms with E-state index >= 15 is 0 Å². The number of ether oxygens (including phenoxy) is 1. The third kappa shape index (κ3) is 3.15. The first-order valence-corrected chi connectivity index (χ1v) is 5.60. The minimum Gasteiger partial charge on any atom is -0.468 e. The summed E-state index contributed by atoms with van der Waals surface area (Å²) >= 11 is 8.71. The number of carbonyl (C=O) groups is 1. The van der Waals surface area contributed by atoms with Crippen LogP contribution in [0, 0.1) is 11.6 Å². The van der Waals surface area contributed by atoms with Gasteiger partial charge in [-0.25, -0.2) is 8.78 Å². The second-order valence-corrected chi connectivity index (χ2v) is 4.56. The molecule has 0 heterocycles. The highest BCUT2D eigenvalue weighted by Crippen LogP contribution is 2.24. The number of carbonyl (C=O) groups excluding carboxylic acids is 1. The number of hydrogen-bond donors (Lipinski definition) is 0. The summed E-state index contributed by atoms with van der Waals surface area (Å²) in [6.07, 6.45) is -0.00236.